The van der Waals surface area contributed by atoms with Crippen molar-refractivity contribution in [1.29, 1.82) is 0 Å². The lowest BCUT2D eigenvalue weighted by atomic mass is 10.0. The van der Waals surface area contributed by atoms with Crippen molar-refractivity contribution in [2.45, 2.75) is 32.2 Å². The molecule has 0 radical (unpaired) electrons. The number of piperidine rings is 1. The summed E-state index contributed by atoms with van der Waals surface area (Å²) in [5.74, 6) is 0.818. The molecule has 2 rings (SSSR count). The smallest absolute Gasteiger partial charge is 0.125 e. The molecule has 0 bridgehead atoms. The Kier molecular flexibility index (Phi) is 3.85. The highest BCUT2D eigenvalue weighted by atomic mass is 15.2. The van der Waals surface area contributed by atoms with Crippen molar-refractivity contribution in [3.63, 3.8) is 0 Å². The summed E-state index contributed by atoms with van der Waals surface area (Å²) >= 11 is 0. The van der Waals surface area contributed by atoms with Crippen LogP contribution in [-0.2, 0) is 0 Å². The van der Waals surface area contributed by atoms with Crippen LogP contribution in [0.25, 0.3) is 0 Å². The molecule has 0 spiro atoms. The molecule has 0 aliphatic carbocycles. The van der Waals surface area contributed by atoms with Gasteiger partial charge < -0.3 is 5.73 Å². The first-order valence-corrected chi connectivity index (χ1v) is 6.04. The van der Waals surface area contributed by atoms with Gasteiger partial charge in [-0.25, -0.2) is 9.97 Å². The summed E-state index contributed by atoms with van der Waals surface area (Å²) in [6.07, 6.45) is 7.73. The van der Waals surface area contributed by atoms with Crippen LogP contribution in [0, 0.1) is 6.92 Å². The van der Waals surface area contributed by atoms with Gasteiger partial charge in [-0.3, -0.25) is 4.90 Å². The molecule has 4 heteroatoms. The molecule has 2 heterocycles. The molecule has 1 aromatic rings. The zero-order chi connectivity index (χ0) is 11.4. The number of likely N-dealkylation sites (tertiary alicyclic amines) is 1. The Hall–Kier alpha value is -1.00. The minimum Gasteiger partial charge on any atom is -0.329 e. The van der Waals surface area contributed by atoms with Crippen molar-refractivity contribution >= 4 is 0 Å². The van der Waals surface area contributed by atoms with Gasteiger partial charge in [-0.1, -0.05) is 6.42 Å². The second-order valence-electron chi connectivity index (χ2n) is 4.41. The average molecular weight is 220 g/mol. The molecule has 0 saturated carbocycles. The van der Waals surface area contributed by atoms with E-state index in [0.29, 0.717) is 12.6 Å². The molecular weight excluding hydrogens is 200 g/mol. The van der Waals surface area contributed by atoms with E-state index >= 15 is 0 Å². The zero-order valence-corrected chi connectivity index (χ0v) is 9.89. The number of nitrogens with zero attached hydrogens (tertiary/aromatic N) is 3. The van der Waals surface area contributed by atoms with Crippen molar-refractivity contribution in [2.24, 2.45) is 5.73 Å². The second-order valence-corrected chi connectivity index (χ2v) is 4.41. The fraction of sp³-hybridized carbons (Fsp3) is 0.667. The van der Waals surface area contributed by atoms with Crippen LogP contribution in [-0.4, -0.2) is 34.5 Å². The highest BCUT2D eigenvalue weighted by Gasteiger charge is 2.21. The Balaban J connectivity index is 2.11. The maximum Gasteiger partial charge on any atom is 0.125 e. The molecular formula is C12H20N4. The van der Waals surface area contributed by atoms with Gasteiger partial charge >= 0.3 is 0 Å². The maximum absolute atomic E-state index is 5.88. The molecule has 88 valence electrons. The van der Waals surface area contributed by atoms with Gasteiger partial charge in [0.15, 0.2) is 0 Å². The van der Waals surface area contributed by atoms with Gasteiger partial charge in [0.05, 0.1) is 6.04 Å². The number of hydrogen-bond acceptors (Lipinski definition) is 4. The fourth-order valence-corrected chi connectivity index (χ4v) is 2.30. The SMILES string of the molecule is Cc1ncc([C@H](CN)N2CCCCC2)cn1. The van der Waals surface area contributed by atoms with Crippen LogP contribution in [0.2, 0.25) is 0 Å². The Labute approximate surface area is 96.9 Å². The van der Waals surface area contributed by atoms with Crippen LogP contribution in [0.5, 0.6) is 0 Å². The zero-order valence-electron chi connectivity index (χ0n) is 9.89. The largest absolute Gasteiger partial charge is 0.329 e. The Bertz CT molecular complexity index is 316. The molecule has 1 aromatic heterocycles. The van der Waals surface area contributed by atoms with Crippen LogP contribution in [0.4, 0.5) is 0 Å². The standard InChI is InChI=1S/C12H20N4/c1-10-14-8-11(9-15-10)12(7-13)16-5-3-2-4-6-16/h8-9,12H,2-7,13H2,1H3/t12-/m0/s1. The lowest BCUT2D eigenvalue weighted by Gasteiger charge is -2.33. The molecule has 1 atom stereocenters. The monoisotopic (exact) mass is 220 g/mol. The molecule has 0 amide bonds. The number of aromatic nitrogens is 2. The first kappa shape index (κ1) is 11.5. The second kappa shape index (κ2) is 5.37. The van der Waals surface area contributed by atoms with E-state index in [1.165, 1.54) is 19.3 Å². The minimum atomic E-state index is 0.292. The normalized spacial score (nSPS) is 19.6. The maximum atomic E-state index is 5.88. The quantitative estimate of drug-likeness (QED) is 0.833. The first-order valence-electron chi connectivity index (χ1n) is 6.04. The van der Waals surface area contributed by atoms with E-state index in [-0.39, 0.29) is 0 Å². The lowest BCUT2D eigenvalue weighted by molar-refractivity contribution is 0.167. The van der Waals surface area contributed by atoms with Crippen LogP contribution < -0.4 is 5.73 Å². The number of rotatable bonds is 3. The van der Waals surface area contributed by atoms with Gasteiger partial charge in [0.25, 0.3) is 0 Å². The minimum absolute atomic E-state index is 0.292. The van der Waals surface area contributed by atoms with Gasteiger partial charge in [-0.2, -0.15) is 0 Å². The van der Waals surface area contributed by atoms with Crippen LogP contribution in [0.3, 0.4) is 0 Å². The van der Waals surface area contributed by atoms with Crippen molar-refractivity contribution in [2.75, 3.05) is 19.6 Å². The number of hydrogen-bond donors (Lipinski definition) is 1. The third-order valence-corrected chi connectivity index (χ3v) is 3.24. The molecule has 1 aliphatic heterocycles. The van der Waals surface area contributed by atoms with E-state index in [9.17, 15) is 0 Å². The summed E-state index contributed by atoms with van der Waals surface area (Å²) < 4.78 is 0. The third kappa shape index (κ3) is 2.57. The summed E-state index contributed by atoms with van der Waals surface area (Å²) in [5.41, 5.74) is 7.02. The topological polar surface area (TPSA) is 55.0 Å². The summed E-state index contributed by atoms with van der Waals surface area (Å²) in [7, 11) is 0. The van der Waals surface area contributed by atoms with Crippen molar-refractivity contribution in [1.82, 2.24) is 14.9 Å². The van der Waals surface area contributed by atoms with Crippen molar-refractivity contribution < 1.29 is 0 Å². The fourth-order valence-electron chi connectivity index (χ4n) is 2.30. The van der Waals surface area contributed by atoms with Gasteiger partial charge in [0.1, 0.15) is 5.82 Å². The molecule has 16 heavy (non-hydrogen) atoms. The molecule has 1 fully saturated rings. The Morgan fingerprint density at radius 1 is 1.25 bits per heavy atom. The molecule has 1 saturated heterocycles. The van der Waals surface area contributed by atoms with E-state index in [1.807, 2.05) is 19.3 Å². The number of nitrogens with two attached hydrogens (primary N) is 1. The van der Waals surface area contributed by atoms with Gasteiger partial charge in [0, 0.05) is 24.5 Å². The predicted molar refractivity (Wildman–Crippen MR) is 64.0 cm³/mol. The van der Waals surface area contributed by atoms with Gasteiger partial charge in [-0.15, -0.1) is 0 Å². The first-order chi connectivity index (χ1) is 7.81. The van der Waals surface area contributed by atoms with Crippen LogP contribution in [0.1, 0.15) is 36.7 Å². The predicted octanol–water partition coefficient (Wildman–Crippen LogP) is 1.27. The average Bonchev–Trinajstić information content (AvgIpc) is 2.34. The summed E-state index contributed by atoms with van der Waals surface area (Å²) in [6, 6.07) is 0.292. The summed E-state index contributed by atoms with van der Waals surface area (Å²) in [6.45, 7) is 4.85. The van der Waals surface area contributed by atoms with E-state index in [4.69, 9.17) is 5.73 Å². The highest BCUT2D eigenvalue weighted by Crippen LogP contribution is 2.22. The van der Waals surface area contributed by atoms with Crippen molar-refractivity contribution in [3.05, 3.63) is 23.8 Å². The molecule has 4 nitrogen and oxygen atoms in total. The van der Waals surface area contributed by atoms with Crippen LogP contribution in [0.15, 0.2) is 12.4 Å². The molecule has 2 N–H and O–H groups in total. The Morgan fingerprint density at radius 2 is 1.88 bits per heavy atom. The van der Waals surface area contributed by atoms with E-state index in [2.05, 4.69) is 14.9 Å². The van der Waals surface area contributed by atoms with Crippen LogP contribution >= 0.6 is 0 Å². The van der Waals surface area contributed by atoms with E-state index in [1.54, 1.807) is 0 Å². The van der Waals surface area contributed by atoms with E-state index in [0.717, 1.165) is 24.5 Å². The highest BCUT2D eigenvalue weighted by molar-refractivity contribution is 5.11. The summed E-state index contributed by atoms with van der Waals surface area (Å²) in [5, 5.41) is 0. The third-order valence-electron chi connectivity index (χ3n) is 3.24. The molecule has 1 aliphatic rings. The summed E-state index contributed by atoms with van der Waals surface area (Å²) in [4.78, 5) is 11.0. The van der Waals surface area contributed by atoms with Gasteiger partial charge in [0.2, 0.25) is 0 Å². The molecule has 0 unspecified atom stereocenters. The number of aryl methyl sites for hydroxylation is 1. The van der Waals surface area contributed by atoms with E-state index < -0.39 is 0 Å². The molecule has 0 aromatic carbocycles. The van der Waals surface area contributed by atoms with Gasteiger partial charge in [-0.05, 0) is 32.9 Å². The Morgan fingerprint density at radius 3 is 2.44 bits per heavy atom. The van der Waals surface area contributed by atoms with Crippen molar-refractivity contribution in [3.8, 4) is 0 Å². The lowest BCUT2D eigenvalue weighted by Crippen LogP contribution is -2.37.